The van der Waals surface area contributed by atoms with Crippen LogP contribution in [0.4, 0.5) is 0 Å². The minimum absolute atomic E-state index is 0.302. The number of rotatable bonds is 3. The van der Waals surface area contributed by atoms with Gasteiger partial charge in [-0.3, -0.25) is 4.79 Å². The summed E-state index contributed by atoms with van der Waals surface area (Å²) in [6.07, 6.45) is 3.09. The molecule has 1 fully saturated rings. The maximum absolute atomic E-state index is 11.3. The van der Waals surface area contributed by atoms with Gasteiger partial charge in [0.05, 0.1) is 0 Å². The van der Waals surface area contributed by atoms with Gasteiger partial charge in [0.15, 0.2) is 0 Å². The number of thioether (sulfide) groups is 1. The number of carboxylic acids is 1. The van der Waals surface area contributed by atoms with Crippen molar-refractivity contribution in [2.45, 2.75) is 55.2 Å². The van der Waals surface area contributed by atoms with Gasteiger partial charge in [0.1, 0.15) is 5.54 Å². The summed E-state index contributed by atoms with van der Waals surface area (Å²) in [7, 11) is 0. The minimum atomic E-state index is -1.03. The van der Waals surface area contributed by atoms with Gasteiger partial charge in [0, 0.05) is 10.1 Å². The van der Waals surface area contributed by atoms with Crippen LogP contribution in [0.15, 0.2) is 23.1 Å². The zero-order chi connectivity index (χ0) is 14.0. The van der Waals surface area contributed by atoms with Crippen molar-refractivity contribution in [2.24, 2.45) is 5.73 Å². The highest BCUT2D eigenvalue weighted by Gasteiger charge is 2.39. The molecule has 0 aliphatic heterocycles. The van der Waals surface area contributed by atoms with E-state index in [1.54, 1.807) is 11.8 Å². The average Bonchev–Trinajstić information content (AvgIpc) is 2.33. The standard InChI is InChI=1S/C15H21NO2S/c1-10-5-6-13(11(2)8-10)19-12-4-3-7-15(16,9-12)14(17)18/h5-6,8,12H,3-4,7,9,16H2,1-2H3,(H,17,18). The third-order valence-electron chi connectivity index (χ3n) is 3.79. The van der Waals surface area contributed by atoms with Gasteiger partial charge in [-0.25, -0.2) is 0 Å². The number of aryl methyl sites for hydroxylation is 2. The number of aliphatic carboxylic acids is 1. The van der Waals surface area contributed by atoms with E-state index in [1.807, 2.05) is 0 Å². The predicted molar refractivity (Wildman–Crippen MR) is 78.6 cm³/mol. The zero-order valence-corrected chi connectivity index (χ0v) is 12.3. The summed E-state index contributed by atoms with van der Waals surface area (Å²) in [5, 5.41) is 9.54. The molecule has 0 radical (unpaired) electrons. The second-order valence-electron chi connectivity index (χ2n) is 5.57. The summed E-state index contributed by atoms with van der Waals surface area (Å²) in [6, 6.07) is 6.39. The molecule has 104 valence electrons. The van der Waals surface area contributed by atoms with Crippen LogP contribution in [0.25, 0.3) is 0 Å². The zero-order valence-electron chi connectivity index (χ0n) is 11.5. The second-order valence-corrected chi connectivity index (χ2v) is 6.91. The predicted octanol–water partition coefficient (Wildman–Crippen LogP) is 3.12. The molecular formula is C15H21NO2S. The summed E-state index contributed by atoms with van der Waals surface area (Å²) >= 11 is 1.78. The highest BCUT2D eigenvalue weighted by atomic mass is 32.2. The summed E-state index contributed by atoms with van der Waals surface area (Å²) in [6.45, 7) is 4.18. The van der Waals surface area contributed by atoms with Crippen LogP contribution in [-0.4, -0.2) is 21.9 Å². The first-order chi connectivity index (χ1) is 8.90. The van der Waals surface area contributed by atoms with Gasteiger partial charge in [-0.05, 0) is 51.2 Å². The number of nitrogens with two attached hydrogens (primary N) is 1. The van der Waals surface area contributed by atoms with E-state index in [-0.39, 0.29) is 0 Å². The average molecular weight is 279 g/mol. The smallest absolute Gasteiger partial charge is 0.323 e. The van der Waals surface area contributed by atoms with Gasteiger partial charge >= 0.3 is 5.97 Å². The summed E-state index contributed by atoms with van der Waals surface area (Å²) in [5.41, 5.74) is 7.47. The molecule has 3 nitrogen and oxygen atoms in total. The third-order valence-corrected chi connectivity index (χ3v) is 5.24. The van der Waals surface area contributed by atoms with E-state index >= 15 is 0 Å². The summed E-state index contributed by atoms with van der Waals surface area (Å²) in [4.78, 5) is 12.5. The summed E-state index contributed by atoms with van der Waals surface area (Å²) in [5.74, 6) is -0.863. The molecule has 1 saturated carbocycles. The van der Waals surface area contributed by atoms with Crippen LogP contribution in [0.5, 0.6) is 0 Å². The molecule has 1 aromatic carbocycles. The van der Waals surface area contributed by atoms with E-state index in [9.17, 15) is 9.90 Å². The van der Waals surface area contributed by atoms with E-state index in [4.69, 9.17) is 5.73 Å². The Kier molecular flexibility index (Phi) is 4.21. The fraction of sp³-hybridized carbons (Fsp3) is 0.533. The van der Waals surface area contributed by atoms with Crippen molar-refractivity contribution < 1.29 is 9.90 Å². The molecule has 1 aliphatic carbocycles. The van der Waals surface area contributed by atoms with E-state index < -0.39 is 11.5 Å². The minimum Gasteiger partial charge on any atom is -0.480 e. The Balaban J connectivity index is 2.09. The first-order valence-corrected chi connectivity index (χ1v) is 7.55. The van der Waals surface area contributed by atoms with Crippen molar-refractivity contribution in [2.75, 3.05) is 0 Å². The van der Waals surface area contributed by atoms with Crippen molar-refractivity contribution >= 4 is 17.7 Å². The largest absolute Gasteiger partial charge is 0.480 e. The maximum Gasteiger partial charge on any atom is 0.323 e. The monoisotopic (exact) mass is 279 g/mol. The molecule has 0 bridgehead atoms. The molecule has 1 aromatic rings. The quantitative estimate of drug-likeness (QED) is 0.892. The highest BCUT2D eigenvalue weighted by Crippen LogP contribution is 2.38. The molecule has 2 rings (SSSR count). The Bertz CT molecular complexity index is 489. The molecule has 19 heavy (non-hydrogen) atoms. The lowest BCUT2D eigenvalue weighted by Gasteiger charge is -2.34. The van der Waals surface area contributed by atoms with Gasteiger partial charge in [0.25, 0.3) is 0 Å². The molecule has 2 atom stereocenters. The molecule has 0 saturated heterocycles. The Morgan fingerprint density at radius 2 is 2.21 bits per heavy atom. The van der Waals surface area contributed by atoms with E-state index in [1.165, 1.54) is 16.0 Å². The van der Waals surface area contributed by atoms with Crippen molar-refractivity contribution in [3.8, 4) is 0 Å². The van der Waals surface area contributed by atoms with Crippen LogP contribution in [0.3, 0.4) is 0 Å². The van der Waals surface area contributed by atoms with Crippen LogP contribution in [-0.2, 0) is 4.79 Å². The molecule has 0 spiro atoms. The topological polar surface area (TPSA) is 63.3 Å². The van der Waals surface area contributed by atoms with Crippen LogP contribution in [0, 0.1) is 13.8 Å². The van der Waals surface area contributed by atoms with E-state index in [0.717, 1.165) is 12.8 Å². The Morgan fingerprint density at radius 3 is 2.84 bits per heavy atom. The first-order valence-electron chi connectivity index (χ1n) is 6.67. The molecule has 3 N–H and O–H groups in total. The molecule has 2 unspecified atom stereocenters. The number of hydrogen-bond acceptors (Lipinski definition) is 3. The second kappa shape index (κ2) is 5.55. The van der Waals surface area contributed by atoms with Crippen LogP contribution in [0.2, 0.25) is 0 Å². The van der Waals surface area contributed by atoms with Gasteiger partial charge in [-0.1, -0.05) is 17.7 Å². The van der Waals surface area contributed by atoms with Crippen LogP contribution in [0.1, 0.15) is 36.8 Å². The fourth-order valence-electron chi connectivity index (χ4n) is 2.66. The lowest BCUT2D eigenvalue weighted by Crippen LogP contribution is -2.51. The fourth-order valence-corrected chi connectivity index (χ4v) is 4.08. The van der Waals surface area contributed by atoms with Crippen LogP contribution >= 0.6 is 11.8 Å². The lowest BCUT2D eigenvalue weighted by atomic mass is 9.82. The number of hydrogen-bond donors (Lipinski definition) is 2. The van der Waals surface area contributed by atoms with Gasteiger partial charge < -0.3 is 10.8 Å². The summed E-state index contributed by atoms with van der Waals surface area (Å²) < 4.78 is 0. The van der Waals surface area contributed by atoms with Gasteiger partial charge in [-0.2, -0.15) is 0 Å². The van der Waals surface area contributed by atoms with Gasteiger partial charge in [-0.15, -0.1) is 11.8 Å². The van der Waals surface area contributed by atoms with Gasteiger partial charge in [0.2, 0.25) is 0 Å². The Hall–Kier alpha value is -1.00. The number of carbonyl (C=O) groups is 1. The number of benzene rings is 1. The van der Waals surface area contributed by atoms with Crippen molar-refractivity contribution in [3.63, 3.8) is 0 Å². The Labute approximate surface area is 118 Å². The maximum atomic E-state index is 11.3. The van der Waals surface area contributed by atoms with E-state index in [0.29, 0.717) is 18.1 Å². The molecule has 0 amide bonds. The van der Waals surface area contributed by atoms with Crippen molar-refractivity contribution in [3.05, 3.63) is 29.3 Å². The Morgan fingerprint density at radius 1 is 1.47 bits per heavy atom. The lowest BCUT2D eigenvalue weighted by molar-refractivity contribution is -0.144. The highest BCUT2D eigenvalue weighted by molar-refractivity contribution is 8.00. The molecule has 0 heterocycles. The van der Waals surface area contributed by atoms with Crippen molar-refractivity contribution in [1.29, 1.82) is 0 Å². The van der Waals surface area contributed by atoms with E-state index in [2.05, 4.69) is 32.0 Å². The molecule has 0 aromatic heterocycles. The first kappa shape index (κ1) is 14.4. The van der Waals surface area contributed by atoms with Crippen molar-refractivity contribution in [1.82, 2.24) is 0 Å². The molecule has 1 aliphatic rings. The molecular weight excluding hydrogens is 258 g/mol. The molecule has 4 heteroatoms. The van der Waals surface area contributed by atoms with Crippen LogP contribution < -0.4 is 5.73 Å². The third kappa shape index (κ3) is 3.31. The normalized spacial score (nSPS) is 27.2. The number of carboxylic acid groups (broad SMARTS) is 1. The SMILES string of the molecule is Cc1ccc(SC2CCCC(N)(C(=O)O)C2)c(C)c1.